The van der Waals surface area contributed by atoms with Crippen molar-refractivity contribution in [2.45, 2.75) is 57.0 Å². The Hall–Kier alpha value is -0.650. The molecule has 4 rings (SSSR count). The van der Waals surface area contributed by atoms with Crippen molar-refractivity contribution in [1.82, 2.24) is 20.0 Å². The number of amides is 1. The summed E-state index contributed by atoms with van der Waals surface area (Å²) in [6, 6.07) is 1.68. The lowest BCUT2D eigenvalue weighted by atomic mass is 9.93. The number of nitrogens with one attached hydrogen (secondary N) is 1. The summed E-state index contributed by atoms with van der Waals surface area (Å²) in [4.78, 5) is 19.3. The number of piperidine rings is 1. The number of nitrogens with zero attached hydrogens (tertiary/aromatic N) is 3. The summed E-state index contributed by atoms with van der Waals surface area (Å²) >= 11 is 0. The van der Waals surface area contributed by atoms with Gasteiger partial charge in [0.05, 0.1) is 0 Å². The minimum atomic E-state index is 0.239. The molecule has 0 aromatic carbocycles. The van der Waals surface area contributed by atoms with Crippen LogP contribution in [0.25, 0.3) is 0 Å². The van der Waals surface area contributed by atoms with E-state index < -0.39 is 0 Å². The van der Waals surface area contributed by atoms with E-state index in [0.717, 1.165) is 31.5 Å². The maximum atomic E-state index is 11.2. The lowest BCUT2D eigenvalue weighted by molar-refractivity contribution is -0.123. The number of hydrogen-bond donors (Lipinski definition) is 1. The second kappa shape index (κ2) is 7.71. The minimum Gasteiger partial charge on any atom is -0.356 e. The third-order valence-electron chi connectivity index (χ3n) is 6.78. The summed E-state index contributed by atoms with van der Waals surface area (Å²) in [7, 11) is 0. The molecule has 3 heterocycles. The van der Waals surface area contributed by atoms with E-state index in [-0.39, 0.29) is 5.91 Å². The fourth-order valence-corrected chi connectivity index (χ4v) is 5.14. The van der Waals surface area contributed by atoms with Crippen molar-refractivity contribution >= 4 is 5.91 Å². The van der Waals surface area contributed by atoms with Crippen LogP contribution in [0.15, 0.2) is 0 Å². The SMILES string of the molecule is O=C1CCC(CN2CC(N3CCN(C4CCCCC4)CC3)C2)CN1. The monoisotopic (exact) mass is 334 g/mol. The number of likely N-dealkylation sites (tertiary alicyclic amines) is 1. The molecule has 24 heavy (non-hydrogen) atoms. The highest BCUT2D eigenvalue weighted by molar-refractivity contribution is 5.76. The molecule has 4 aliphatic rings. The molecule has 1 unspecified atom stereocenters. The van der Waals surface area contributed by atoms with Crippen LogP contribution in [0.1, 0.15) is 44.9 Å². The molecule has 0 radical (unpaired) electrons. The summed E-state index contributed by atoms with van der Waals surface area (Å²) in [6.07, 6.45) is 9.04. The van der Waals surface area contributed by atoms with Gasteiger partial charge in [0.1, 0.15) is 0 Å². The zero-order valence-electron chi connectivity index (χ0n) is 15.1. The van der Waals surface area contributed by atoms with Crippen molar-refractivity contribution in [3.8, 4) is 0 Å². The van der Waals surface area contributed by atoms with E-state index in [0.29, 0.717) is 5.92 Å². The Balaban J connectivity index is 1.14. The summed E-state index contributed by atoms with van der Waals surface area (Å²) in [5.41, 5.74) is 0. The smallest absolute Gasteiger partial charge is 0.220 e. The van der Waals surface area contributed by atoms with Crippen molar-refractivity contribution in [3.05, 3.63) is 0 Å². The predicted octanol–water partition coefficient (Wildman–Crippen LogP) is 1.15. The number of carbonyl (C=O) groups excluding carboxylic acids is 1. The van der Waals surface area contributed by atoms with Gasteiger partial charge >= 0.3 is 0 Å². The average Bonchev–Trinajstić information content (AvgIpc) is 2.60. The van der Waals surface area contributed by atoms with Gasteiger partial charge in [-0.2, -0.15) is 0 Å². The molecule has 1 amide bonds. The van der Waals surface area contributed by atoms with Crippen molar-refractivity contribution in [3.63, 3.8) is 0 Å². The first-order valence-electron chi connectivity index (χ1n) is 10.2. The van der Waals surface area contributed by atoms with Crippen LogP contribution in [0.3, 0.4) is 0 Å². The fourth-order valence-electron chi connectivity index (χ4n) is 5.14. The number of piperazine rings is 1. The summed E-state index contributed by atoms with van der Waals surface area (Å²) in [5.74, 6) is 0.912. The standard InChI is InChI=1S/C19H34N4O/c24-19-7-6-16(12-20-19)13-21-14-18(15-21)23-10-8-22(9-11-23)17-4-2-1-3-5-17/h16-18H,1-15H2,(H,20,24). The largest absolute Gasteiger partial charge is 0.356 e. The molecule has 0 aromatic heterocycles. The molecule has 5 heteroatoms. The topological polar surface area (TPSA) is 38.8 Å². The molecule has 0 aromatic rings. The molecule has 4 fully saturated rings. The highest BCUT2D eigenvalue weighted by Crippen LogP contribution is 2.25. The van der Waals surface area contributed by atoms with Gasteiger partial charge < -0.3 is 5.32 Å². The van der Waals surface area contributed by atoms with E-state index in [1.165, 1.54) is 77.9 Å². The Kier molecular flexibility index (Phi) is 5.40. The third kappa shape index (κ3) is 3.94. The van der Waals surface area contributed by atoms with Crippen LogP contribution in [0.5, 0.6) is 0 Å². The van der Waals surface area contributed by atoms with E-state index >= 15 is 0 Å². The quantitative estimate of drug-likeness (QED) is 0.837. The fraction of sp³-hybridized carbons (Fsp3) is 0.947. The van der Waals surface area contributed by atoms with Crippen molar-refractivity contribution in [2.75, 3.05) is 52.4 Å². The van der Waals surface area contributed by atoms with Crippen LogP contribution in [-0.4, -0.2) is 85.0 Å². The lowest BCUT2D eigenvalue weighted by Crippen LogP contribution is -2.64. The summed E-state index contributed by atoms with van der Waals surface area (Å²) < 4.78 is 0. The molecule has 1 aliphatic carbocycles. The Bertz CT molecular complexity index is 413. The van der Waals surface area contributed by atoms with Gasteiger partial charge in [-0.1, -0.05) is 19.3 Å². The number of carbonyl (C=O) groups is 1. The Morgan fingerprint density at radius 2 is 1.54 bits per heavy atom. The Labute approximate surface area is 146 Å². The molecule has 1 saturated carbocycles. The molecular weight excluding hydrogens is 300 g/mol. The highest BCUT2D eigenvalue weighted by atomic mass is 16.1. The van der Waals surface area contributed by atoms with Gasteiger partial charge in [-0.3, -0.25) is 19.5 Å². The predicted molar refractivity (Wildman–Crippen MR) is 96.0 cm³/mol. The molecule has 3 saturated heterocycles. The maximum Gasteiger partial charge on any atom is 0.220 e. The molecular formula is C19H34N4O. The lowest BCUT2D eigenvalue weighted by Gasteiger charge is -2.50. The van der Waals surface area contributed by atoms with Crippen LogP contribution in [0.4, 0.5) is 0 Å². The molecule has 1 atom stereocenters. The van der Waals surface area contributed by atoms with E-state index in [1.54, 1.807) is 0 Å². The summed E-state index contributed by atoms with van der Waals surface area (Å²) in [6.45, 7) is 9.68. The second-order valence-electron chi connectivity index (χ2n) is 8.44. The van der Waals surface area contributed by atoms with Crippen molar-refractivity contribution in [1.29, 1.82) is 0 Å². The van der Waals surface area contributed by atoms with Gasteiger partial charge in [0.15, 0.2) is 0 Å². The Morgan fingerprint density at radius 1 is 0.875 bits per heavy atom. The van der Waals surface area contributed by atoms with Crippen LogP contribution in [-0.2, 0) is 4.79 Å². The molecule has 136 valence electrons. The first-order valence-corrected chi connectivity index (χ1v) is 10.2. The van der Waals surface area contributed by atoms with Crippen molar-refractivity contribution in [2.24, 2.45) is 5.92 Å². The van der Waals surface area contributed by atoms with E-state index in [9.17, 15) is 4.79 Å². The second-order valence-corrected chi connectivity index (χ2v) is 8.44. The molecule has 5 nitrogen and oxygen atoms in total. The zero-order valence-corrected chi connectivity index (χ0v) is 15.1. The molecule has 0 bridgehead atoms. The molecule has 1 N–H and O–H groups in total. The van der Waals surface area contributed by atoms with E-state index in [1.807, 2.05) is 0 Å². The number of rotatable bonds is 4. The van der Waals surface area contributed by atoms with Crippen LogP contribution in [0, 0.1) is 5.92 Å². The van der Waals surface area contributed by atoms with Gasteiger partial charge in [0, 0.05) is 70.9 Å². The molecule has 0 spiro atoms. The van der Waals surface area contributed by atoms with Crippen LogP contribution >= 0.6 is 0 Å². The molecule has 3 aliphatic heterocycles. The van der Waals surface area contributed by atoms with E-state index in [2.05, 4.69) is 20.0 Å². The third-order valence-corrected chi connectivity index (χ3v) is 6.78. The van der Waals surface area contributed by atoms with Gasteiger partial charge in [0.25, 0.3) is 0 Å². The van der Waals surface area contributed by atoms with E-state index in [4.69, 9.17) is 0 Å². The average molecular weight is 335 g/mol. The minimum absolute atomic E-state index is 0.239. The first-order chi connectivity index (χ1) is 11.8. The maximum absolute atomic E-state index is 11.2. The van der Waals surface area contributed by atoms with Crippen LogP contribution in [0.2, 0.25) is 0 Å². The summed E-state index contributed by atoms with van der Waals surface area (Å²) in [5, 5.41) is 3.01. The van der Waals surface area contributed by atoms with Crippen LogP contribution < -0.4 is 5.32 Å². The Morgan fingerprint density at radius 3 is 2.17 bits per heavy atom. The highest BCUT2D eigenvalue weighted by Gasteiger charge is 2.35. The van der Waals surface area contributed by atoms with Gasteiger partial charge in [-0.15, -0.1) is 0 Å². The van der Waals surface area contributed by atoms with Gasteiger partial charge in [-0.05, 0) is 25.2 Å². The van der Waals surface area contributed by atoms with Crippen molar-refractivity contribution < 1.29 is 4.79 Å². The first kappa shape index (κ1) is 16.8. The van der Waals surface area contributed by atoms with Gasteiger partial charge in [-0.25, -0.2) is 0 Å². The normalized spacial score (nSPS) is 32.5. The number of hydrogen-bond acceptors (Lipinski definition) is 4. The van der Waals surface area contributed by atoms with Gasteiger partial charge in [0.2, 0.25) is 5.91 Å². The zero-order chi connectivity index (χ0) is 16.4.